The number of hydrogen-bond acceptors (Lipinski definition) is 8. The van der Waals surface area contributed by atoms with Gasteiger partial charge in [-0.1, -0.05) is 113 Å². The Bertz CT molecular complexity index is 1690. The number of carboxylic acid groups (broad SMARTS) is 2. The molecule has 0 saturated heterocycles. The van der Waals surface area contributed by atoms with Crippen LogP contribution in [-0.2, 0) is 29.3 Å². The van der Waals surface area contributed by atoms with Crippen LogP contribution in [0.25, 0.3) is 0 Å². The van der Waals surface area contributed by atoms with Gasteiger partial charge < -0.3 is 30.6 Å². The summed E-state index contributed by atoms with van der Waals surface area (Å²) in [5.74, 6) is -5.19. The Morgan fingerprint density at radius 3 is 1.40 bits per heavy atom. The predicted molar refractivity (Wildman–Crippen MR) is 199 cm³/mol. The molecule has 4 rings (SSSR count). The van der Waals surface area contributed by atoms with E-state index in [-0.39, 0.29) is 27.6 Å². The fourth-order valence-electron chi connectivity index (χ4n) is 5.11. The van der Waals surface area contributed by atoms with Crippen molar-refractivity contribution in [3.05, 3.63) is 107 Å². The van der Waals surface area contributed by atoms with E-state index in [2.05, 4.69) is 13.8 Å². The van der Waals surface area contributed by atoms with Gasteiger partial charge in [-0.2, -0.15) is 0 Å². The van der Waals surface area contributed by atoms with Crippen molar-refractivity contribution in [1.29, 1.82) is 0 Å². The number of hydrogen-bond donors (Lipinski definition) is 4. The van der Waals surface area contributed by atoms with Gasteiger partial charge in [0.2, 0.25) is 0 Å². The molecule has 0 radical (unpaired) electrons. The van der Waals surface area contributed by atoms with Gasteiger partial charge in [0.25, 0.3) is 0 Å². The first kappa shape index (κ1) is 44.9. The third-order valence-corrected chi connectivity index (χ3v) is 7.67. The first-order valence-electron chi connectivity index (χ1n) is 17.2. The topological polar surface area (TPSA) is 186 Å². The normalized spacial score (nSPS) is 10.9. The van der Waals surface area contributed by atoms with Crippen molar-refractivity contribution in [3.8, 4) is 23.0 Å². The fraction of sp³-hybridized carbons (Fsp3) is 0.317. The smallest absolute Gasteiger partial charge is 0.869 e. The molecular weight excluding hydrogens is 707 g/mol. The molecule has 11 heteroatoms. The van der Waals surface area contributed by atoms with E-state index in [4.69, 9.17) is 30.4 Å². The molecule has 0 atom stereocenters. The maximum Gasteiger partial charge on any atom is 2.00 e. The molecule has 4 aromatic carbocycles. The first-order chi connectivity index (χ1) is 24.4. The molecule has 0 heterocycles. The Kier molecular flexibility index (Phi) is 20.8. The van der Waals surface area contributed by atoms with E-state index in [0.717, 1.165) is 42.1 Å². The molecule has 280 valence electrons. The minimum absolute atomic E-state index is 0. The van der Waals surface area contributed by atoms with Crippen LogP contribution in [0.15, 0.2) is 94.9 Å². The third kappa shape index (κ3) is 14.6. The molecule has 10 nitrogen and oxygen atoms in total. The van der Waals surface area contributed by atoms with Gasteiger partial charge in [0, 0.05) is 0 Å². The van der Waals surface area contributed by atoms with E-state index >= 15 is 0 Å². The molecule has 0 bridgehead atoms. The van der Waals surface area contributed by atoms with Gasteiger partial charge in [-0.15, -0.1) is 0 Å². The monoisotopic (exact) mass is 754 g/mol. The van der Waals surface area contributed by atoms with E-state index in [1.165, 1.54) is 49.9 Å². The van der Waals surface area contributed by atoms with Crippen LogP contribution in [-0.4, -0.2) is 43.8 Å². The molecule has 0 amide bonds. The molecule has 4 N–H and O–H groups in total. The molecular formula is C41H48N2NiO8. The number of carbonyl (C=O) groups is 2. The number of unbranched alkanes of at least 4 members (excludes halogenated alkanes) is 3. The number of para-hydroxylation sites is 2. The van der Waals surface area contributed by atoms with Gasteiger partial charge in [0.05, 0.1) is 33.9 Å². The summed E-state index contributed by atoms with van der Waals surface area (Å²) < 4.78 is 0. The summed E-state index contributed by atoms with van der Waals surface area (Å²) in [6, 6.07) is 25.7. The minimum atomic E-state index is -1.28. The largest absolute Gasteiger partial charge is 2.00 e. The Hall–Kier alpha value is -5.15. The van der Waals surface area contributed by atoms with Crippen LogP contribution in [0.3, 0.4) is 0 Å². The van der Waals surface area contributed by atoms with Crippen molar-refractivity contribution < 1.29 is 56.7 Å². The van der Waals surface area contributed by atoms with Crippen LogP contribution < -0.4 is 10.2 Å². The van der Waals surface area contributed by atoms with Crippen molar-refractivity contribution in [3.63, 3.8) is 0 Å². The summed E-state index contributed by atoms with van der Waals surface area (Å²) in [7, 11) is 0. The van der Waals surface area contributed by atoms with Crippen molar-refractivity contribution in [2.75, 3.05) is 0 Å². The molecule has 0 aliphatic carbocycles. The van der Waals surface area contributed by atoms with Gasteiger partial charge in [0.15, 0.2) is 0 Å². The number of aromatic carboxylic acids is 2. The zero-order valence-corrected chi connectivity index (χ0v) is 31.1. The standard InChI is InChI=1S/C21H26N2.2C10H12O4.Ni/c1-3-4-5-12-17-21(23-20-15-10-7-11-16-20)18(2)22-19-13-8-6-9-14-19;2*1-2-3-6-4-5-7(11)9(12)8(6)10(13)14;/h6-11,13-16H,3-5,12,17H2,1-2H3;2*4-5,11-12H,2-3H2,1H3,(H,13,14);/q;;;+2/p-2. The maximum absolute atomic E-state index is 11.3. The first-order valence-corrected chi connectivity index (χ1v) is 17.2. The molecule has 0 aliphatic heterocycles. The van der Waals surface area contributed by atoms with Crippen LogP contribution in [0, 0.1) is 0 Å². The van der Waals surface area contributed by atoms with Gasteiger partial charge >= 0.3 is 28.4 Å². The maximum atomic E-state index is 11.3. The quantitative estimate of drug-likeness (QED) is 0.0559. The second kappa shape index (κ2) is 24.1. The van der Waals surface area contributed by atoms with Gasteiger partial charge in [-0.05, 0) is 80.1 Å². The second-order valence-corrected chi connectivity index (χ2v) is 11.7. The SMILES string of the molecule is CCCCCCC(=Nc1ccccc1)C(C)=Nc1ccccc1.CCCc1ccc(O)c([O-])c1C(=O)O.CCCc1ccc(O)c([O-])c1C(=O)O.[Ni+2]. The number of benzene rings is 4. The number of aromatic hydroxyl groups is 2. The number of carboxylic acids is 2. The number of rotatable bonds is 14. The third-order valence-electron chi connectivity index (χ3n) is 7.67. The summed E-state index contributed by atoms with van der Waals surface area (Å²) in [4.78, 5) is 31.1. The van der Waals surface area contributed by atoms with Crippen LogP contribution in [0.5, 0.6) is 23.0 Å². The van der Waals surface area contributed by atoms with E-state index < -0.39 is 34.9 Å². The van der Waals surface area contributed by atoms with Crippen molar-refractivity contribution in [2.24, 2.45) is 9.98 Å². The predicted octanol–water partition coefficient (Wildman–Crippen LogP) is 8.75. The number of phenolic OH excluding ortho intramolecular Hbond substituents is 2. The van der Waals surface area contributed by atoms with Gasteiger partial charge in [-0.3, -0.25) is 9.98 Å². The van der Waals surface area contributed by atoms with Gasteiger partial charge in [0.1, 0.15) is 11.5 Å². The molecule has 4 aromatic rings. The molecule has 0 fully saturated rings. The van der Waals surface area contributed by atoms with E-state index in [1.807, 2.05) is 74.5 Å². The summed E-state index contributed by atoms with van der Waals surface area (Å²) >= 11 is 0. The Morgan fingerprint density at radius 2 is 1.02 bits per heavy atom. The van der Waals surface area contributed by atoms with Crippen LogP contribution in [0.4, 0.5) is 11.4 Å². The van der Waals surface area contributed by atoms with Crippen LogP contribution in [0.2, 0.25) is 0 Å². The van der Waals surface area contributed by atoms with E-state index in [1.54, 1.807) is 0 Å². The average Bonchev–Trinajstić information content (AvgIpc) is 3.11. The van der Waals surface area contributed by atoms with Crippen LogP contribution in [0.1, 0.15) is 104 Å². The average molecular weight is 756 g/mol. The van der Waals surface area contributed by atoms with Crippen molar-refractivity contribution >= 4 is 34.7 Å². The Balaban J connectivity index is 0.000000407. The molecule has 0 unspecified atom stereocenters. The molecule has 0 saturated carbocycles. The van der Waals surface area contributed by atoms with Gasteiger partial charge in [-0.25, -0.2) is 9.59 Å². The summed E-state index contributed by atoms with van der Waals surface area (Å²) in [5, 5.41) is 58.3. The Labute approximate surface area is 316 Å². The molecule has 0 aliphatic rings. The van der Waals surface area contributed by atoms with Crippen LogP contribution >= 0.6 is 0 Å². The minimum Gasteiger partial charge on any atom is -0.869 e. The van der Waals surface area contributed by atoms with E-state index in [0.29, 0.717) is 24.0 Å². The zero-order chi connectivity index (χ0) is 37.8. The molecule has 52 heavy (non-hydrogen) atoms. The zero-order valence-electron chi connectivity index (χ0n) is 30.1. The number of nitrogens with zero attached hydrogens (tertiary/aromatic N) is 2. The fourth-order valence-corrected chi connectivity index (χ4v) is 5.11. The Morgan fingerprint density at radius 1 is 0.596 bits per heavy atom. The number of aliphatic imine (C=N–C) groups is 2. The second-order valence-electron chi connectivity index (χ2n) is 11.7. The van der Waals surface area contributed by atoms with Crippen molar-refractivity contribution in [1.82, 2.24) is 0 Å². The van der Waals surface area contributed by atoms with Crippen molar-refractivity contribution in [2.45, 2.75) is 85.5 Å². The summed E-state index contributed by atoms with van der Waals surface area (Å²) in [6.07, 6.45) is 8.50. The van der Waals surface area contributed by atoms with E-state index in [9.17, 15) is 19.8 Å². The summed E-state index contributed by atoms with van der Waals surface area (Å²) in [5.41, 5.74) is 4.41. The molecule has 0 spiro atoms. The number of phenols is 2. The number of aryl methyl sites for hydroxylation is 2. The molecule has 0 aromatic heterocycles. The summed E-state index contributed by atoms with van der Waals surface area (Å²) in [6.45, 7) is 8.08.